The second-order valence-corrected chi connectivity index (χ2v) is 5.88. The molecule has 2 rings (SSSR count). The second-order valence-electron chi connectivity index (χ2n) is 4.03. The van der Waals surface area contributed by atoms with Gasteiger partial charge in [-0.15, -0.1) is 11.3 Å². The van der Waals surface area contributed by atoms with Gasteiger partial charge in [0, 0.05) is 22.3 Å². The van der Waals surface area contributed by atoms with Crippen LogP contribution in [0.3, 0.4) is 0 Å². The van der Waals surface area contributed by atoms with Crippen LogP contribution in [0.1, 0.15) is 29.2 Å². The highest BCUT2D eigenvalue weighted by molar-refractivity contribution is 9.10. The molecule has 0 amide bonds. The van der Waals surface area contributed by atoms with Crippen LogP contribution >= 0.6 is 27.3 Å². The van der Waals surface area contributed by atoms with Gasteiger partial charge in [0.15, 0.2) is 0 Å². The maximum atomic E-state index is 6.27. The summed E-state index contributed by atoms with van der Waals surface area (Å²) in [6, 6.07) is 4.15. The van der Waals surface area contributed by atoms with E-state index in [1.54, 1.807) is 11.3 Å². The molecule has 3 nitrogen and oxygen atoms in total. The first-order valence-electron chi connectivity index (χ1n) is 5.63. The molecule has 0 saturated heterocycles. The van der Waals surface area contributed by atoms with Crippen LogP contribution < -0.4 is 5.73 Å². The topological polar surface area (TPSA) is 43.8 Å². The second kappa shape index (κ2) is 5.33. The molecule has 92 valence electrons. The van der Waals surface area contributed by atoms with Gasteiger partial charge in [-0.1, -0.05) is 0 Å². The van der Waals surface area contributed by atoms with E-state index in [1.807, 2.05) is 11.6 Å². The SMILES string of the molecule is CCn1nc(C)cc1C(N)Cc1sccc1Br. The molecule has 0 aliphatic rings. The van der Waals surface area contributed by atoms with E-state index >= 15 is 0 Å². The molecule has 1 atom stereocenters. The van der Waals surface area contributed by atoms with Gasteiger partial charge in [-0.25, -0.2) is 0 Å². The van der Waals surface area contributed by atoms with Crippen molar-refractivity contribution in [2.24, 2.45) is 5.73 Å². The highest BCUT2D eigenvalue weighted by Crippen LogP contribution is 2.27. The number of aromatic nitrogens is 2. The highest BCUT2D eigenvalue weighted by Gasteiger charge is 2.15. The van der Waals surface area contributed by atoms with Gasteiger partial charge in [0.1, 0.15) is 0 Å². The summed E-state index contributed by atoms with van der Waals surface area (Å²) in [7, 11) is 0. The minimum Gasteiger partial charge on any atom is -0.322 e. The van der Waals surface area contributed by atoms with Crippen molar-refractivity contribution in [3.8, 4) is 0 Å². The van der Waals surface area contributed by atoms with E-state index in [9.17, 15) is 0 Å². The number of nitrogens with zero attached hydrogens (tertiary/aromatic N) is 2. The standard InChI is InChI=1S/C12H16BrN3S/c1-3-16-11(6-8(2)15-16)10(14)7-12-9(13)4-5-17-12/h4-6,10H,3,7,14H2,1-2H3. The Hall–Kier alpha value is -0.650. The lowest BCUT2D eigenvalue weighted by molar-refractivity contribution is 0.568. The van der Waals surface area contributed by atoms with Crippen LogP contribution in [0.15, 0.2) is 22.0 Å². The molecule has 2 aromatic heterocycles. The largest absolute Gasteiger partial charge is 0.322 e. The average Bonchev–Trinajstić information content (AvgIpc) is 2.85. The van der Waals surface area contributed by atoms with Crippen molar-refractivity contribution in [3.63, 3.8) is 0 Å². The molecule has 0 radical (unpaired) electrons. The lowest BCUT2D eigenvalue weighted by Gasteiger charge is -2.12. The maximum absolute atomic E-state index is 6.27. The summed E-state index contributed by atoms with van der Waals surface area (Å²) in [5.41, 5.74) is 8.42. The smallest absolute Gasteiger partial charge is 0.0597 e. The van der Waals surface area contributed by atoms with Crippen molar-refractivity contribution in [1.82, 2.24) is 9.78 Å². The third-order valence-corrected chi connectivity index (χ3v) is 4.66. The summed E-state index contributed by atoms with van der Waals surface area (Å²) in [6.45, 7) is 4.95. The fourth-order valence-corrected chi connectivity index (χ4v) is 3.47. The maximum Gasteiger partial charge on any atom is 0.0597 e. The van der Waals surface area contributed by atoms with Crippen molar-refractivity contribution in [1.29, 1.82) is 0 Å². The van der Waals surface area contributed by atoms with Gasteiger partial charge in [0.2, 0.25) is 0 Å². The Balaban J connectivity index is 2.19. The zero-order valence-electron chi connectivity index (χ0n) is 9.98. The quantitative estimate of drug-likeness (QED) is 0.941. The summed E-state index contributed by atoms with van der Waals surface area (Å²) in [6.07, 6.45) is 0.851. The summed E-state index contributed by atoms with van der Waals surface area (Å²) >= 11 is 5.28. The average molecular weight is 314 g/mol. The number of thiophene rings is 1. The van der Waals surface area contributed by atoms with Crippen molar-refractivity contribution >= 4 is 27.3 Å². The minimum atomic E-state index is 0.00565. The van der Waals surface area contributed by atoms with Gasteiger partial charge in [0.05, 0.1) is 17.4 Å². The molecule has 0 bridgehead atoms. The van der Waals surface area contributed by atoms with E-state index in [1.165, 1.54) is 4.88 Å². The molecule has 2 heterocycles. The molecular formula is C12H16BrN3S. The Morgan fingerprint density at radius 2 is 2.35 bits per heavy atom. The first kappa shape index (κ1) is 12.8. The summed E-state index contributed by atoms with van der Waals surface area (Å²) in [4.78, 5) is 1.29. The molecule has 2 N–H and O–H groups in total. The van der Waals surface area contributed by atoms with E-state index in [2.05, 4.69) is 45.5 Å². The van der Waals surface area contributed by atoms with E-state index in [4.69, 9.17) is 5.73 Å². The molecule has 17 heavy (non-hydrogen) atoms. The molecule has 2 aromatic rings. The molecular weight excluding hydrogens is 298 g/mol. The van der Waals surface area contributed by atoms with Crippen molar-refractivity contribution in [3.05, 3.63) is 38.3 Å². The van der Waals surface area contributed by atoms with Gasteiger partial charge >= 0.3 is 0 Å². The molecule has 0 aromatic carbocycles. The molecule has 0 saturated carbocycles. The molecule has 0 aliphatic heterocycles. The number of aryl methyl sites for hydroxylation is 2. The third kappa shape index (κ3) is 2.78. The lowest BCUT2D eigenvalue weighted by atomic mass is 10.1. The number of nitrogens with two attached hydrogens (primary N) is 1. The van der Waals surface area contributed by atoms with Crippen LogP contribution in [-0.2, 0) is 13.0 Å². The Morgan fingerprint density at radius 1 is 1.59 bits per heavy atom. The van der Waals surface area contributed by atoms with Gasteiger partial charge < -0.3 is 5.73 Å². The summed E-state index contributed by atoms with van der Waals surface area (Å²) < 4.78 is 3.14. The molecule has 0 aliphatic carbocycles. The number of hydrogen-bond acceptors (Lipinski definition) is 3. The molecule has 5 heteroatoms. The Bertz CT molecular complexity index is 504. The monoisotopic (exact) mass is 313 g/mol. The van der Waals surface area contributed by atoms with Crippen LogP contribution in [-0.4, -0.2) is 9.78 Å². The summed E-state index contributed by atoms with van der Waals surface area (Å²) in [5.74, 6) is 0. The Morgan fingerprint density at radius 3 is 2.94 bits per heavy atom. The van der Waals surface area contributed by atoms with E-state index in [0.29, 0.717) is 0 Å². The van der Waals surface area contributed by atoms with Gasteiger partial charge in [0.25, 0.3) is 0 Å². The van der Waals surface area contributed by atoms with Crippen molar-refractivity contribution in [2.45, 2.75) is 32.9 Å². The van der Waals surface area contributed by atoms with E-state index in [0.717, 1.165) is 28.8 Å². The Kier molecular flexibility index (Phi) is 4.01. The van der Waals surface area contributed by atoms with E-state index < -0.39 is 0 Å². The highest BCUT2D eigenvalue weighted by atomic mass is 79.9. The van der Waals surface area contributed by atoms with Crippen LogP contribution in [0.2, 0.25) is 0 Å². The van der Waals surface area contributed by atoms with Crippen LogP contribution in [0.25, 0.3) is 0 Å². The van der Waals surface area contributed by atoms with Gasteiger partial charge in [-0.3, -0.25) is 4.68 Å². The van der Waals surface area contributed by atoms with Crippen molar-refractivity contribution < 1.29 is 0 Å². The number of hydrogen-bond donors (Lipinski definition) is 1. The number of halogens is 1. The molecule has 1 unspecified atom stereocenters. The molecule has 0 fully saturated rings. The van der Waals surface area contributed by atoms with Crippen LogP contribution in [0.5, 0.6) is 0 Å². The predicted molar refractivity (Wildman–Crippen MR) is 75.3 cm³/mol. The number of rotatable bonds is 4. The van der Waals surface area contributed by atoms with E-state index in [-0.39, 0.29) is 6.04 Å². The van der Waals surface area contributed by atoms with Gasteiger partial charge in [-0.2, -0.15) is 5.10 Å². The van der Waals surface area contributed by atoms with Crippen LogP contribution in [0, 0.1) is 6.92 Å². The lowest BCUT2D eigenvalue weighted by Crippen LogP contribution is -2.17. The fraction of sp³-hybridized carbons (Fsp3) is 0.417. The van der Waals surface area contributed by atoms with Crippen LogP contribution in [0.4, 0.5) is 0 Å². The fourth-order valence-electron chi connectivity index (χ4n) is 1.89. The Labute approximate surface area is 114 Å². The predicted octanol–water partition coefficient (Wildman–Crippen LogP) is 3.28. The zero-order valence-corrected chi connectivity index (χ0v) is 12.4. The first-order chi connectivity index (χ1) is 8.11. The summed E-state index contributed by atoms with van der Waals surface area (Å²) in [5, 5.41) is 6.51. The van der Waals surface area contributed by atoms with Crippen molar-refractivity contribution in [2.75, 3.05) is 0 Å². The normalized spacial score (nSPS) is 12.9. The van der Waals surface area contributed by atoms with Gasteiger partial charge in [-0.05, 0) is 47.3 Å². The minimum absolute atomic E-state index is 0.00565. The third-order valence-electron chi connectivity index (χ3n) is 2.71. The zero-order chi connectivity index (χ0) is 12.4. The first-order valence-corrected chi connectivity index (χ1v) is 7.31. The molecule has 0 spiro atoms.